The highest BCUT2D eigenvalue weighted by molar-refractivity contribution is 7.15. The summed E-state index contributed by atoms with van der Waals surface area (Å²) in [7, 11) is 3.68. The number of ether oxygens (including phenoxy) is 1. The number of carbonyl (C=O) groups excluding carboxylic acids is 2. The number of amides is 2. The molecule has 28 heavy (non-hydrogen) atoms. The summed E-state index contributed by atoms with van der Waals surface area (Å²) in [6.07, 6.45) is 0. The first-order valence-corrected chi connectivity index (χ1v) is 9.85. The molecule has 0 radical (unpaired) electrons. The number of nitrogens with zero attached hydrogens (tertiary/aromatic N) is 4. The van der Waals surface area contributed by atoms with Crippen LogP contribution in [0, 0.1) is 0 Å². The second-order valence-corrected chi connectivity index (χ2v) is 7.47. The summed E-state index contributed by atoms with van der Waals surface area (Å²) in [5, 5.41) is 13.5. The molecular weight excluding hydrogens is 380 g/mol. The van der Waals surface area contributed by atoms with Crippen molar-refractivity contribution in [2.45, 2.75) is 0 Å². The molecule has 1 aliphatic rings. The molecule has 1 aromatic carbocycles. The van der Waals surface area contributed by atoms with Gasteiger partial charge in [0.15, 0.2) is 0 Å². The lowest BCUT2D eigenvalue weighted by Crippen LogP contribution is -2.46. The fraction of sp³-hybridized carbons (Fsp3) is 0.444. The second-order valence-electron chi connectivity index (χ2n) is 6.50. The van der Waals surface area contributed by atoms with E-state index in [-0.39, 0.29) is 15.9 Å². The highest BCUT2D eigenvalue weighted by Gasteiger charge is 2.18. The standard InChI is InChI=1S/C18H24N6O3S/c1-23-9-11-24(12-10-23)8-7-19-15(25)17-21-22-18(28-17)16(26)20-13-3-5-14(27-2)6-4-13/h3-6H,7-12H2,1-2H3,(H,19,25)(H,20,26). The minimum absolute atomic E-state index is 0.139. The van der Waals surface area contributed by atoms with Gasteiger partial charge in [-0.2, -0.15) is 0 Å². The van der Waals surface area contributed by atoms with Gasteiger partial charge in [0.2, 0.25) is 10.0 Å². The lowest BCUT2D eigenvalue weighted by atomic mass is 10.3. The summed E-state index contributed by atoms with van der Waals surface area (Å²) in [6.45, 7) is 5.41. The molecule has 2 amide bonds. The number of rotatable bonds is 7. The zero-order chi connectivity index (χ0) is 19.9. The number of carbonyl (C=O) groups is 2. The molecular formula is C18H24N6O3S. The van der Waals surface area contributed by atoms with Gasteiger partial charge in [0, 0.05) is 45.0 Å². The molecule has 10 heteroatoms. The first-order chi connectivity index (χ1) is 13.5. The van der Waals surface area contributed by atoms with Gasteiger partial charge in [0.25, 0.3) is 11.8 Å². The lowest BCUT2D eigenvalue weighted by Gasteiger charge is -2.32. The van der Waals surface area contributed by atoms with Crippen LogP contribution in [0.25, 0.3) is 0 Å². The van der Waals surface area contributed by atoms with Gasteiger partial charge in [-0.25, -0.2) is 0 Å². The minimum Gasteiger partial charge on any atom is -0.497 e. The monoisotopic (exact) mass is 404 g/mol. The topological polar surface area (TPSA) is 99.7 Å². The first kappa shape index (κ1) is 20.2. The van der Waals surface area contributed by atoms with Crippen LogP contribution in [-0.2, 0) is 0 Å². The van der Waals surface area contributed by atoms with E-state index >= 15 is 0 Å². The van der Waals surface area contributed by atoms with E-state index in [0.29, 0.717) is 18.0 Å². The van der Waals surface area contributed by atoms with E-state index in [2.05, 4.69) is 37.7 Å². The molecule has 1 saturated heterocycles. The number of hydrogen-bond donors (Lipinski definition) is 2. The van der Waals surface area contributed by atoms with Crippen molar-refractivity contribution >= 4 is 28.8 Å². The van der Waals surface area contributed by atoms with Crippen molar-refractivity contribution in [1.29, 1.82) is 0 Å². The van der Waals surface area contributed by atoms with Crippen LogP contribution in [0.5, 0.6) is 5.75 Å². The quantitative estimate of drug-likeness (QED) is 0.703. The third kappa shape index (κ3) is 5.47. The Morgan fingerprint density at radius 1 is 1.07 bits per heavy atom. The highest BCUT2D eigenvalue weighted by Crippen LogP contribution is 2.17. The molecule has 1 aromatic heterocycles. The predicted molar refractivity (Wildman–Crippen MR) is 107 cm³/mol. The van der Waals surface area contributed by atoms with Gasteiger partial charge >= 0.3 is 0 Å². The van der Waals surface area contributed by atoms with Gasteiger partial charge in [-0.15, -0.1) is 10.2 Å². The Morgan fingerprint density at radius 3 is 2.36 bits per heavy atom. The molecule has 0 aliphatic carbocycles. The Hall–Kier alpha value is -2.56. The Labute approximate surface area is 167 Å². The molecule has 1 fully saturated rings. The van der Waals surface area contributed by atoms with E-state index in [1.165, 1.54) is 0 Å². The van der Waals surface area contributed by atoms with E-state index in [1.807, 2.05) is 0 Å². The van der Waals surface area contributed by atoms with Gasteiger partial charge in [-0.3, -0.25) is 14.5 Å². The average Bonchev–Trinajstić information content (AvgIpc) is 3.20. The Bertz CT molecular complexity index is 802. The number of hydrogen-bond acceptors (Lipinski definition) is 8. The number of aromatic nitrogens is 2. The van der Waals surface area contributed by atoms with E-state index in [4.69, 9.17) is 4.74 Å². The summed E-state index contributed by atoms with van der Waals surface area (Å²) < 4.78 is 5.08. The first-order valence-electron chi connectivity index (χ1n) is 9.03. The lowest BCUT2D eigenvalue weighted by molar-refractivity contribution is 0.0939. The van der Waals surface area contributed by atoms with Crippen LogP contribution in [0.15, 0.2) is 24.3 Å². The number of nitrogens with one attached hydrogen (secondary N) is 2. The molecule has 0 saturated carbocycles. The van der Waals surface area contributed by atoms with Crippen molar-refractivity contribution in [2.75, 3.05) is 58.7 Å². The van der Waals surface area contributed by atoms with E-state index in [0.717, 1.165) is 44.1 Å². The van der Waals surface area contributed by atoms with Crippen LogP contribution in [0.4, 0.5) is 5.69 Å². The molecule has 3 rings (SSSR count). The third-order valence-electron chi connectivity index (χ3n) is 4.47. The summed E-state index contributed by atoms with van der Waals surface area (Å²) in [5.74, 6) is -0.0151. The molecule has 2 N–H and O–H groups in total. The average molecular weight is 404 g/mol. The maximum absolute atomic E-state index is 12.3. The van der Waals surface area contributed by atoms with Crippen LogP contribution >= 0.6 is 11.3 Å². The Morgan fingerprint density at radius 2 is 1.71 bits per heavy atom. The fourth-order valence-corrected chi connectivity index (χ4v) is 3.40. The Balaban J connectivity index is 1.46. The maximum Gasteiger partial charge on any atom is 0.286 e. The van der Waals surface area contributed by atoms with E-state index in [9.17, 15) is 9.59 Å². The molecule has 2 aromatic rings. The van der Waals surface area contributed by atoms with Crippen molar-refractivity contribution in [2.24, 2.45) is 0 Å². The van der Waals surface area contributed by atoms with E-state index < -0.39 is 5.91 Å². The Kier molecular flexibility index (Phi) is 6.90. The second kappa shape index (κ2) is 9.58. The number of piperazine rings is 1. The molecule has 150 valence electrons. The maximum atomic E-state index is 12.3. The van der Waals surface area contributed by atoms with Crippen molar-refractivity contribution in [3.63, 3.8) is 0 Å². The van der Waals surface area contributed by atoms with Gasteiger partial charge in [-0.05, 0) is 31.3 Å². The van der Waals surface area contributed by atoms with Crippen LogP contribution < -0.4 is 15.4 Å². The molecule has 9 nitrogen and oxygen atoms in total. The van der Waals surface area contributed by atoms with Gasteiger partial charge in [-0.1, -0.05) is 11.3 Å². The summed E-state index contributed by atoms with van der Waals surface area (Å²) in [6, 6.07) is 6.94. The number of benzene rings is 1. The summed E-state index contributed by atoms with van der Waals surface area (Å²) in [5.41, 5.74) is 0.610. The zero-order valence-electron chi connectivity index (χ0n) is 16.0. The van der Waals surface area contributed by atoms with Gasteiger partial charge in [0.1, 0.15) is 5.75 Å². The van der Waals surface area contributed by atoms with Crippen LogP contribution in [0.1, 0.15) is 19.6 Å². The molecule has 0 bridgehead atoms. The number of likely N-dealkylation sites (N-methyl/N-ethyl adjacent to an activating group) is 1. The van der Waals surface area contributed by atoms with Gasteiger partial charge < -0.3 is 20.3 Å². The summed E-state index contributed by atoms with van der Waals surface area (Å²) >= 11 is 0.971. The molecule has 0 spiro atoms. The summed E-state index contributed by atoms with van der Waals surface area (Å²) in [4.78, 5) is 29.1. The zero-order valence-corrected chi connectivity index (χ0v) is 16.8. The van der Waals surface area contributed by atoms with Crippen LogP contribution in [0.2, 0.25) is 0 Å². The highest BCUT2D eigenvalue weighted by atomic mass is 32.1. The van der Waals surface area contributed by atoms with Crippen LogP contribution in [0.3, 0.4) is 0 Å². The fourth-order valence-electron chi connectivity index (χ4n) is 2.74. The SMILES string of the molecule is COc1ccc(NC(=O)c2nnc(C(=O)NCCN3CCN(C)CC3)s2)cc1. The number of methoxy groups -OCH3 is 1. The molecule has 0 unspecified atom stereocenters. The van der Waals surface area contributed by atoms with Crippen molar-refractivity contribution in [3.05, 3.63) is 34.3 Å². The smallest absolute Gasteiger partial charge is 0.286 e. The van der Waals surface area contributed by atoms with Crippen molar-refractivity contribution < 1.29 is 14.3 Å². The minimum atomic E-state index is -0.404. The van der Waals surface area contributed by atoms with Crippen molar-refractivity contribution in [1.82, 2.24) is 25.3 Å². The predicted octanol–water partition coefficient (Wildman–Crippen LogP) is 0.776. The normalized spacial score (nSPS) is 15.2. The molecule has 0 atom stereocenters. The van der Waals surface area contributed by atoms with E-state index in [1.54, 1.807) is 31.4 Å². The van der Waals surface area contributed by atoms with Crippen LogP contribution in [-0.4, -0.2) is 85.2 Å². The van der Waals surface area contributed by atoms with Crippen molar-refractivity contribution in [3.8, 4) is 5.75 Å². The molecule has 2 heterocycles. The van der Waals surface area contributed by atoms with Gasteiger partial charge in [0.05, 0.1) is 7.11 Å². The largest absolute Gasteiger partial charge is 0.497 e. The third-order valence-corrected chi connectivity index (χ3v) is 5.39. The molecule has 1 aliphatic heterocycles. The number of anilines is 1.